The van der Waals surface area contributed by atoms with Crippen molar-refractivity contribution in [1.82, 2.24) is 4.57 Å². The molecule has 0 saturated carbocycles. The van der Waals surface area contributed by atoms with Crippen molar-refractivity contribution in [2.75, 3.05) is 0 Å². The molecule has 0 aliphatic heterocycles. The minimum atomic E-state index is 0.906. The van der Waals surface area contributed by atoms with Crippen LogP contribution in [0.5, 0.6) is 0 Å². The van der Waals surface area contributed by atoms with Crippen molar-refractivity contribution in [3.8, 4) is 0 Å². The fourth-order valence-electron chi connectivity index (χ4n) is 4.15. The Morgan fingerprint density at radius 1 is 0.923 bits per heavy atom. The highest BCUT2D eigenvalue weighted by molar-refractivity contribution is 6.19. The molecule has 0 bridgehead atoms. The normalized spacial score (nSPS) is 15.0. The summed E-state index contributed by atoms with van der Waals surface area (Å²) in [7, 11) is 0. The Morgan fingerprint density at radius 3 is 2.73 bits per heavy atom. The maximum Gasteiger partial charge on any atom is 0.0616 e. The van der Waals surface area contributed by atoms with Crippen molar-refractivity contribution in [3.05, 3.63) is 90.5 Å². The number of hydrogen-bond donors (Lipinski definition) is 0. The van der Waals surface area contributed by atoms with Gasteiger partial charge in [-0.2, -0.15) is 0 Å². The molecule has 4 aromatic rings. The zero-order chi connectivity index (χ0) is 17.7. The Labute approximate surface area is 153 Å². The molecule has 0 spiro atoms. The molecule has 3 aromatic carbocycles. The molecule has 126 valence electrons. The standard InChI is InChI=1S/C25H21N/c1-17-7-3-5-9-20(15-17)26-24-14-11-18(2)16-23(24)22-13-12-19-8-4-6-10-21(19)25(22)26/h3-6,8-14,16H,1,7,15H2,2H3. The lowest BCUT2D eigenvalue weighted by atomic mass is 10.0. The Morgan fingerprint density at radius 2 is 1.81 bits per heavy atom. The summed E-state index contributed by atoms with van der Waals surface area (Å²) in [5.74, 6) is 0. The molecule has 0 unspecified atom stereocenters. The molecule has 0 amide bonds. The smallest absolute Gasteiger partial charge is 0.0616 e. The van der Waals surface area contributed by atoms with Gasteiger partial charge in [0.05, 0.1) is 11.0 Å². The van der Waals surface area contributed by atoms with Crippen LogP contribution in [0.3, 0.4) is 0 Å². The summed E-state index contributed by atoms with van der Waals surface area (Å²) in [6.45, 7) is 6.43. The summed E-state index contributed by atoms with van der Waals surface area (Å²) in [6, 6.07) is 20.0. The second-order valence-electron chi connectivity index (χ2n) is 7.26. The van der Waals surface area contributed by atoms with Gasteiger partial charge in [-0.25, -0.2) is 0 Å². The third kappa shape index (κ3) is 2.24. The number of aryl methyl sites for hydroxylation is 1. The van der Waals surface area contributed by atoms with E-state index in [0.29, 0.717) is 0 Å². The molecule has 1 heteroatoms. The topological polar surface area (TPSA) is 4.93 Å². The van der Waals surface area contributed by atoms with Crippen molar-refractivity contribution >= 4 is 38.3 Å². The third-order valence-corrected chi connectivity index (χ3v) is 5.36. The van der Waals surface area contributed by atoms with Gasteiger partial charge < -0.3 is 4.57 Å². The molecular formula is C25H21N. The molecule has 1 heterocycles. The van der Waals surface area contributed by atoms with Crippen molar-refractivity contribution in [2.45, 2.75) is 19.8 Å². The lowest BCUT2D eigenvalue weighted by Crippen LogP contribution is -1.98. The monoisotopic (exact) mass is 335 g/mol. The molecule has 0 atom stereocenters. The van der Waals surface area contributed by atoms with E-state index >= 15 is 0 Å². The quantitative estimate of drug-likeness (QED) is 0.330. The SMILES string of the molecule is C=C1CC=CC=C(n2c3ccc(C)cc3c3ccc4ccccc4c32)C1. The lowest BCUT2D eigenvalue weighted by Gasteiger charge is -2.14. The van der Waals surface area contributed by atoms with E-state index in [-0.39, 0.29) is 0 Å². The number of nitrogens with zero attached hydrogens (tertiary/aromatic N) is 1. The molecule has 1 aliphatic rings. The first-order chi connectivity index (χ1) is 12.7. The van der Waals surface area contributed by atoms with E-state index in [1.165, 1.54) is 49.4 Å². The maximum atomic E-state index is 4.27. The molecule has 0 fully saturated rings. The summed E-state index contributed by atoms with van der Waals surface area (Å²) >= 11 is 0. The average molecular weight is 335 g/mol. The van der Waals surface area contributed by atoms with Crippen LogP contribution in [0.1, 0.15) is 18.4 Å². The second kappa shape index (κ2) is 5.74. The van der Waals surface area contributed by atoms with Crippen LogP contribution in [0.4, 0.5) is 0 Å². The average Bonchev–Trinajstić information content (AvgIpc) is 2.82. The van der Waals surface area contributed by atoms with Crippen LogP contribution < -0.4 is 0 Å². The van der Waals surface area contributed by atoms with E-state index in [2.05, 4.69) is 90.9 Å². The molecule has 0 radical (unpaired) electrons. The summed E-state index contributed by atoms with van der Waals surface area (Å²) in [5.41, 5.74) is 6.43. The zero-order valence-corrected chi connectivity index (χ0v) is 15.0. The van der Waals surface area contributed by atoms with Crippen molar-refractivity contribution in [2.24, 2.45) is 0 Å². The highest BCUT2D eigenvalue weighted by Crippen LogP contribution is 2.38. The zero-order valence-electron chi connectivity index (χ0n) is 15.0. The predicted octanol–water partition coefficient (Wildman–Crippen LogP) is 7.00. The van der Waals surface area contributed by atoms with E-state index < -0.39 is 0 Å². The maximum absolute atomic E-state index is 4.27. The van der Waals surface area contributed by atoms with Crippen LogP contribution >= 0.6 is 0 Å². The van der Waals surface area contributed by atoms with Gasteiger partial charge in [-0.3, -0.25) is 0 Å². The van der Waals surface area contributed by atoms with E-state index in [0.717, 1.165) is 12.8 Å². The molecule has 1 aromatic heterocycles. The highest BCUT2D eigenvalue weighted by atomic mass is 15.0. The van der Waals surface area contributed by atoms with Crippen LogP contribution in [-0.4, -0.2) is 4.57 Å². The first-order valence-corrected chi connectivity index (χ1v) is 9.17. The summed E-state index contributed by atoms with van der Waals surface area (Å²) in [4.78, 5) is 0. The number of allylic oxidation sites excluding steroid dienone is 5. The first-order valence-electron chi connectivity index (χ1n) is 9.17. The van der Waals surface area contributed by atoms with Crippen LogP contribution in [0.2, 0.25) is 0 Å². The molecule has 0 saturated heterocycles. The highest BCUT2D eigenvalue weighted by Gasteiger charge is 2.17. The summed E-state index contributed by atoms with van der Waals surface area (Å²) < 4.78 is 2.45. The van der Waals surface area contributed by atoms with Gasteiger partial charge in [-0.1, -0.05) is 72.3 Å². The van der Waals surface area contributed by atoms with Gasteiger partial charge in [0, 0.05) is 28.3 Å². The Hall–Kier alpha value is -3.06. The fraction of sp³-hybridized carbons (Fsp3) is 0.120. The lowest BCUT2D eigenvalue weighted by molar-refractivity contribution is 1.06. The van der Waals surface area contributed by atoms with Crippen LogP contribution in [0.15, 0.2) is 85.0 Å². The van der Waals surface area contributed by atoms with Gasteiger partial charge >= 0.3 is 0 Å². The molecule has 26 heavy (non-hydrogen) atoms. The molecule has 1 aliphatic carbocycles. The third-order valence-electron chi connectivity index (χ3n) is 5.36. The Kier molecular flexibility index (Phi) is 3.36. The molecular weight excluding hydrogens is 314 g/mol. The van der Waals surface area contributed by atoms with E-state index in [1.54, 1.807) is 0 Å². The van der Waals surface area contributed by atoms with Crippen molar-refractivity contribution in [3.63, 3.8) is 0 Å². The number of benzene rings is 3. The van der Waals surface area contributed by atoms with Gasteiger partial charge in [-0.15, -0.1) is 0 Å². The van der Waals surface area contributed by atoms with Gasteiger partial charge in [0.15, 0.2) is 0 Å². The fourth-order valence-corrected chi connectivity index (χ4v) is 4.15. The number of hydrogen-bond acceptors (Lipinski definition) is 0. The first kappa shape index (κ1) is 15.2. The predicted molar refractivity (Wildman–Crippen MR) is 113 cm³/mol. The number of fused-ring (bicyclic) bond motifs is 5. The van der Waals surface area contributed by atoms with E-state index in [4.69, 9.17) is 0 Å². The van der Waals surface area contributed by atoms with Crippen molar-refractivity contribution < 1.29 is 0 Å². The largest absolute Gasteiger partial charge is 0.312 e. The van der Waals surface area contributed by atoms with Gasteiger partial charge in [0.2, 0.25) is 0 Å². The van der Waals surface area contributed by atoms with Gasteiger partial charge in [-0.05, 0) is 36.9 Å². The second-order valence-corrected chi connectivity index (χ2v) is 7.26. The number of rotatable bonds is 1. The van der Waals surface area contributed by atoms with Crippen molar-refractivity contribution in [1.29, 1.82) is 0 Å². The van der Waals surface area contributed by atoms with Gasteiger partial charge in [0.25, 0.3) is 0 Å². The molecule has 0 N–H and O–H groups in total. The summed E-state index contributed by atoms with van der Waals surface area (Å²) in [5, 5.41) is 5.23. The van der Waals surface area contributed by atoms with Gasteiger partial charge in [0.1, 0.15) is 0 Å². The summed E-state index contributed by atoms with van der Waals surface area (Å²) in [6.07, 6.45) is 8.48. The van der Waals surface area contributed by atoms with E-state index in [1.807, 2.05) is 0 Å². The minimum Gasteiger partial charge on any atom is -0.312 e. The van der Waals surface area contributed by atoms with Crippen LogP contribution in [-0.2, 0) is 0 Å². The Balaban J connectivity index is 1.99. The molecule has 1 nitrogen and oxygen atoms in total. The number of aromatic nitrogens is 1. The minimum absolute atomic E-state index is 0.906. The van der Waals surface area contributed by atoms with E-state index in [9.17, 15) is 0 Å². The molecule has 5 rings (SSSR count). The van der Waals surface area contributed by atoms with Crippen LogP contribution in [0, 0.1) is 6.92 Å². The Bertz CT molecular complexity index is 1250. The van der Waals surface area contributed by atoms with Crippen LogP contribution in [0.25, 0.3) is 38.3 Å².